The van der Waals surface area contributed by atoms with Gasteiger partial charge in [-0.15, -0.1) is 0 Å². The Morgan fingerprint density at radius 1 is 1.31 bits per heavy atom. The molecule has 13 heavy (non-hydrogen) atoms. The third-order valence-electron chi connectivity index (χ3n) is 3.17. The van der Waals surface area contributed by atoms with Gasteiger partial charge in [-0.1, -0.05) is 20.3 Å². The van der Waals surface area contributed by atoms with Gasteiger partial charge in [0, 0.05) is 0 Å². The van der Waals surface area contributed by atoms with E-state index in [4.69, 9.17) is 10.5 Å². The monoisotopic (exact) mass is 185 g/mol. The molecule has 0 bridgehead atoms. The summed E-state index contributed by atoms with van der Waals surface area (Å²) in [5.74, 6) is 0.626. The van der Waals surface area contributed by atoms with Crippen LogP contribution in [-0.4, -0.2) is 18.8 Å². The van der Waals surface area contributed by atoms with Crippen molar-refractivity contribution in [2.75, 3.05) is 6.54 Å². The third-order valence-corrected chi connectivity index (χ3v) is 3.17. The second kappa shape index (κ2) is 5.61. The van der Waals surface area contributed by atoms with Crippen molar-refractivity contribution < 1.29 is 4.74 Å². The highest BCUT2D eigenvalue weighted by molar-refractivity contribution is 4.79. The van der Waals surface area contributed by atoms with Crippen LogP contribution in [0.1, 0.15) is 46.0 Å². The minimum absolute atomic E-state index is 0.454. The van der Waals surface area contributed by atoms with Crippen LogP contribution >= 0.6 is 0 Å². The summed E-state index contributed by atoms with van der Waals surface area (Å²) in [5.41, 5.74) is 5.70. The fraction of sp³-hybridized carbons (Fsp3) is 1.00. The number of ether oxygens (including phenoxy) is 1. The molecule has 2 N–H and O–H groups in total. The average molecular weight is 185 g/mol. The molecule has 0 aromatic rings. The van der Waals surface area contributed by atoms with Gasteiger partial charge in [0.05, 0.1) is 12.2 Å². The molecular weight excluding hydrogens is 162 g/mol. The lowest BCUT2D eigenvalue weighted by atomic mass is 10.1. The lowest BCUT2D eigenvalue weighted by molar-refractivity contribution is -0.0323. The van der Waals surface area contributed by atoms with Gasteiger partial charge in [-0.05, 0) is 38.1 Å². The van der Waals surface area contributed by atoms with Crippen LogP contribution in [-0.2, 0) is 4.74 Å². The van der Waals surface area contributed by atoms with Gasteiger partial charge in [0.15, 0.2) is 0 Å². The van der Waals surface area contributed by atoms with Gasteiger partial charge in [-0.3, -0.25) is 0 Å². The van der Waals surface area contributed by atoms with Gasteiger partial charge in [0.1, 0.15) is 0 Å². The first kappa shape index (κ1) is 11.0. The molecule has 2 nitrogen and oxygen atoms in total. The van der Waals surface area contributed by atoms with Gasteiger partial charge in [0.2, 0.25) is 0 Å². The summed E-state index contributed by atoms with van der Waals surface area (Å²) in [5, 5.41) is 0. The van der Waals surface area contributed by atoms with E-state index in [0.29, 0.717) is 18.1 Å². The summed E-state index contributed by atoms with van der Waals surface area (Å²) in [7, 11) is 0. The van der Waals surface area contributed by atoms with Crippen molar-refractivity contribution >= 4 is 0 Å². The maximum atomic E-state index is 6.03. The maximum absolute atomic E-state index is 6.03. The molecular formula is C11H23NO. The topological polar surface area (TPSA) is 35.2 Å². The first-order valence-electron chi connectivity index (χ1n) is 5.67. The Balaban J connectivity index is 2.33. The summed E-state index contributed by atoms with van der Waals surface area (Å²) in [4.78, 5) is 0. The molecule has 1 rings (SSSR count). The van der Waals surface area contributed by atoms with Crippen molar-refractivity contribution in [3.05, 3.63) is 0 Å². The van der Waals surface area contributed by atoms with Crippen molar-refractivity contribution in [3.63, 3.8) is 0 Å². The summed E-state index contributed by atoms with van der Waals surface area (Å²) in [6.45, 7) is 5.19. The second-order valence-electron chi connectivity index (χ2n) is 4.04. The van der Waals surface area contributed by atoms with E-state index in [2.05, 4.69) is 13.8 Å². The summed E-state index contributed by atoms with van der Waals surface area (Å²) >= 11 is 0. The predicted octanol–water partition coefficient (Wildman–Crippen LogP) is 2.32. The zero-order valence-corrected chi connectivity index (χ0v) is 8.96. The normalized spacial score (nSPS) is 28.6. The van der Waals surface area contributed by atoms with Crippen LogP contribution in [0.3, 0.4) is 0 Å². The van der Waals surface area contributed by atoms with Gasteiger partial charge in [-0.25, -0.2) is 0 Å². The van der Waals surface area contributed by atoms with Crippen molar-refractivity contribution in [3.8, 4) is 0 Å². The van der Waals surface area contributed by atoms with E-state index in [-0.39, 0.29) is 0 Å². The van der Waals surface area contributed by atoms with E-state index in [9.17, 15) is 0 Å². The highest BCUT2D eigenvalue weighted by atomic mass is 16.5. The smallest absolute Gasteiger partial charge is 0.0619 e. The zero-order valence-electron chi connectivity index (χ0n) is 8.96. The van der Waals surface area contributed by atoms with Crippen molar-refractivity contribution in [1.82, 2.24) is 0 Å². The molecule has 0 saturated heterocycles. The number of hydrogen-bond donors (Lipinski definition) is 1. The molecule has 78 valence electrons. The van der Waals surface area contributed by atoms with Gasteiger partial charge >= 0.3 is 0 Å². The van der Waals surface area contributed by atoms with Crippen LogP contribution in [0, 0.1) is 5.92 Å². The lowest BCUT2D eigenvalue weighted by Gasteiger charge is -2.24. The molecule has 2 atom stereocenters. The molecule has 1 aliphatic carbocycles. The van der Waals surface area contributed by atoms with Crippen LogP contribution in [0.15, 0.2) is 0 Å². The van der Waals surface area contributed by atoms with E-state index in [1.807, 2.05) is 0 Å². The Morgan fingerprint density at radius 3 is 2.54 bits per heavy atom. The van der Waals surface area contributed by atoms with Crippen LogP contribution in [0.5, 0.6) is 0 Å². The van der Waals surface area contributed by atoms with E-state index < -0.39 is 0 Å². The fourth-order valence-electron chi connectivity index (χ4n) is 2.18. The summed E-state index contributed by atoms with van der Waals surface area (Å²) in [6.07, 6.45) is 6.95. The molecule has 2 unspecified atom stereocenters. The predicted molar refractivity (Wildman–Crippen MR) is 55.6 cm³/mol. The van der Waals surface area contributed by atoms with E-state index in [0.717, 1.165) is 19.4 Å². The molecule has 0 aromatic carbocycles. The number of rotatable bonds is 5. The standard InChI is InChI=1S/C11H23NO/c1-3-10(4-2)13-11-7-5-6-9(11)8-12/h9-11H,3-8,12H2,1-2H3. The highest BCUT2D eigenvalue weighted by Gasteiger charge is 2.28. The average Bonchev–Trinajstić information content (AvgIpc) is 2.61. The van der Waals surface area contributed by atoms with Crippen LogP contribution in [0.4, 0.5) is 0 Å². The molecule has 2 heteroatoms. The van der Waals surface area contributed by atoms with E-state index >= 15 is 0 Å². The molecule has 0 amide bonds. The minimum atomic E-state index is 0.454. The Kier molecular flexibility index (Phi) is 4.74. The van der Waals surface area contributed by atoms with Crippen molar-refractivity contribution in [2.45, 2.75) is 58.2 Å². The molecule has 0 heterocycles. The largest absolute Gasteiger partial charge is 0.375 e. The van der Waals surface area contributed by atoms with Gasteiger partial charge in [-0.2, -0.15) is 0 Å². The third kappa shape index (κ3) is 2.96. The minimum Gasteiger partial charge on any atom is -0.375 e. The zero-order chi connectivity index (χ0) is 9.68. The first-order chi connectivity index (χ1) is 6.31. The molecule has 1 fully saturated rings. The van der Waals surface area contributed by atoms with Gasteiger partial charge < -0.3 is 10.5 Å². The Hall–Kier alpha value is -0.0800. The van der Waals surface area contributed by atoms with E-state index in [1.54, 1.807) is 0 Å². The van der Waals surface area contributed by atoms with Crippen molar-refractivity contribution in [1.29, 1.82) is 0 Å². The molecule has 0 spiro atoms. The number of hydrogen-bond acceptors (Lipinski definition) is 2. The lowest BCUT2D eigenvalue weighted by Crippen LogP contribution is -2.29. The molecule has 1 aliphatic rings. The Morgan fingerprint density at radius 2 is 2.00 bits per heavy atom. The van der Waals surface area contributed by atoms with E-state index in [1.165, 1.54) is 19.3 Å². The molecule has 0 radical (unpaired) electrons. The van der Waals surface area contributed by atoms with Gasteiger partial charge in [0.25, 0.3) is 0 Å². The molecule has 0 aliphatic heterocycles. The fourth-order valence-corrected chi connectivity index (χ4v) is 2.18. The molecule has 1 saturated carbocycles. The van der Waals surface area contributed by atoms with Crippen LogP contribution in [0.25, 0.3) is 0 Å². The van der Waals surface area contributed by atoms with Crippen LogP contribution < -0.4 is 5.73 Å². The quantitative estimate of drug-likeness (QED) is 0.713. The second-order valence-corrected chi connectivity index (χ2v) is 4.04. The Bertz CT molecular complexity index is 134. The van der Waals surface area contributed by atoms with Crippen LogP contribution in [0.2, 0.25) is 0 Å². The maximum Gasteiger partial charge on any atom is 0.0619 e. The Labute approximate surface area is 81.8 Å². The number of nitrogens with two attached hydrogens (primary N) is 1. The summed E-state index contributed by atoms with van der Waals surface area (Å²) in [6, 6.07) is 0. The van der Waals surface area contributed by atoms with Crippen molar-refractivity contribution in [2.24, 2.45) is 11.7 Å². The summed E-state index contributed by atoms with van der Waals surface area (Å²) < 4.78 is 6.03. The molecule has 0 aromatic heterocycles. The SMILES string of the molecule is CCC(CC)OC1CCCC1CN. The first-order valence-corrected chi connectivity index (χ1v) is 5.67. The highest BCUT2D eigenvalue weighted by Crippen LogP contribution is 2.29.